The molecule has 3 N–H and O–H groups in total. The maximum Gasteiger partial charge on any atom is 0.331 e. The van der Waals surface area contributed by atoms with E-state index >= 15 is 0 Å². The first-order valence-corrected chi connectivity index (χ1v) is 13.1. The van der Waals surface area contributed by atoms with Gasteiger partial charge in [-0.3, -0.25) is 9.59 Å². The van der Waals surface area contributed by atoms with Crippen molar-refractivity contribution in [3.05, 3.63) is 47.5 Å². The summed E-state index contributed by atoms with van der Waals surface area (Å²) in [5.74, 6) is -1.32. The lowest BCUT2D eigenvalue weighted by Gasteiger charge is -2.39. The van der Waals surface area contributed by atoms with Gasteiger partial charge in [-0.2, -0.15) is 0 Å². The van der Waals surface area contributed by atoms with Gasteiger partial charge in [-0.1, -0.05) is 83.4 Å². The van der Waals surface area contributed by atoms with Crippen molar-refractivity contribution >= 4 is 17.8 Å². The van der Waals surface area contributed by atoms with E-state index < -0.39 is 29.5 Å². The van der Waals surface area contributed by atoms with Gasteiger partial charge in [-0.05, 0) is 44.2 Å². The summed E-state index contributed by atoms with van der Waals surface area (Å²) < 4.78 is 0. The SMILES string of the molecule is CN[C@H](C(=O)N[C@@H](C(=O)N(C)[C@H](/C=C(\C)C(=O)O)C(C)C)C1CCCCC1)C(C)(C)c1ccccc1. The van der Waals surface area contributed by atoms with E-state index in [1.165, 1.54) is 0 Å². The molecule has 1 fully saturated rings. The molecule has 1 saturated carbocycles. The Labute approximate surface area is 216 Å². The van der Waals surface area contributed by atoms with Crippen molar-refractivity contribution in [1.82, 2.24) is 15.5 Å². The Morgan fingerprint density at radius 1 is 1.08 bits per heavy atom. The molecule has 0 bridgehead atoms. The van der Waals surface area contributed by atoms with Crippen LogP contribution in [0.25, 0.3) is 0 Å². The van der Waals surface area contributed by atoms with Gasteiger partial charge in [0.1, 0.15) is 6.04 Å². The van der Waals surface area contributed by atoms with Gasteiger partial charge in [-0.25, -0.2) is 4.79 Å². The Hall–Kier alpha value is -2.67. The fourth-order valence-corrected chi connectivity index (χ4v) is 5.38. The van der Waals surface area contributed by atoms with Crippen molar-refractivity contribution in [2.75, 3.05) is 14.1 Å². The van der Waals surface area contributed by atoms with Gasteiger partial charge in [0, 0.05) is 18.0 Å². The molecule has 0 heterocycles. The highest BCUT2D eigenvalue weighted by atomic mass is 16.4. The summed E-state index contributed by atoms with van der Waals surface area (Å²) in [6.45, 7) is 9.53. The number of carboxylic acids is 1. The lowest BCUT2D eigenvalue weighted by molar-refractivity contribution is -0.140. The molecule has 0 unspecified atom stereocenters. The molecule has 0 saturated heterocycles. The Kier molecular flexibility index (Phi) is 10.7. The summed E-state index contributed by atoms with van der Waals surface area (Å²) in [4.78, 5) is 40.7. The largest absolute Gasteiger partial charge is 0.478 e. The van der Waals surface area contributed by atoms with Crippen LogP contribution in [0.3, 0.4) is 0 Å². The zero-order chi connectivity index (χ0) is 27.0. The summed E-state index contributed by atoms with van der Waals surface area (Å²) in [7, 11) is 3.48. The number of carbonyl (C=O) groups excluding carboxylic acids is 2. The summed E-state index contributed by atoms with van der Waals surface area (Å²) >= 11 is 0. The number of amides is 2. The second-order valence-corrected chi connectivity index (χ2v) is 11.0. The zero-order valence-electron chi connectivity index (χ0n) is 23.0. The first-order chi connectivity index (χ1) is 16.9. The summed E-state index contributed by atoms with van der Waals surface area (Å²) in [5, 5.41) is 15.7. The van der Waals surface area contributed by atoms with E-state index in [1.54, 1.807) is 32.0 Å². The lowest BCUT2D eigenvalue weighted by atomic mass is 9.76. The average Bonchev–Trinajstić information content (AvgIpc) is 2.85. The van der Waals surface area contributed by atoms with Gasteiger partial charge in [0.15, 0.2) is 0 Å². The number of carbonyl (C=O) groups is 3. The molecule has 1 aliphatic carbocycles. The van der Waals surface area contributed by atoms with E-state index in [-0.39, 0.29) is 29.2 Å². The minimum atomic E-state index is -1.00. The number of hydrogen-bond acceptors (Lipinski definition) is 4. The normalized spacial score (nSPS) is 17.8. The number of carboxylic acid groups (broad SMARTS) is 1. The van der Waals surface area contributed by atoms with E-state index in [9.17, 15) is 19.5 Å². The highest BCUT2D eigenvalue weighted by molar-refractivity contribution is 5.91. The number of likely N-dealkylation sites (N-methyl/N-ethyl adjacent to an activating group) is 2. The first kappa shape index (κ1) is 29.6. The highest BCUT2D eigenvalue weighted by Gasteiger charge is 2.40. The zero-order valence-corrected chi connectivity index (χ0v) is 23.0. The number of nitrogens with zero attached hydrogens (tertiary/aromatic N) is 1. The molecule has 1 aliphatic rings. The topological polar surface area (TPSA) is 98.7 Å². The molecule has 200 valence electrons. The standard InChI is InChI=1S/C29H45N3O4/c1-19(2)23(18-20(3)28(35)36)32(7)27(34)24(21-14-10-8-11-15-21)31-26(33)25(30-6)29(4,5)22-16-12-9-13-17-22/h9,12-13,16-19,21,23-25,30H,8,10-11,14-15H2,1-7H3,(H,31,33)(H,35,36)/b20-18+/t23-,24-,25-/m1/s1. The van der Waals surface area contributed by atoms with Crippen molar-refractivity contribution in [3.63, 3.8) is 0 Å². The molecule has 7 nitrogen and oxygen atoms in total. The second kappa shape index (κ2) is 13.0. The van der Waals surface area contributed by atoms with Crippen molar-refractivity contribution < 1.29 is 19.5 Å². The fourth-order valence-electron chi connectivity index (χ4n) is 5.38. The first-order valence-electron chi connectivity index (χ1n) is 13.1. The van der Waals surface area contributed by atoms with E-state index in [4.69, 9.17) is 0 Å². The molecule has 1 aromatic carbocycles. The molecule has 1 aromatic rings. The van der Waals surface area contributed by atoms with Crippen LogP contribution in [0.5, 0.6) is 0 Å². The predicted octanol–water partition coefficient (Wildman–Crippen LogP) is 4.13. The Balaban J connectivity index is 2.36. The average molecular weight is 500 g/mol. The number of nitrogens with one attached hydrogen (secondary N) is 2. The minimum absolute atomic E-state index is 0.0121. The highest BCUT2D eigenvalue weighted by Crippen LogP contribution is 2.30. The molecular formula is C29H45N3O4. The van der Waals surface area contributed by atoms with Gasteiger partial charge in [0.05, 0.1) is 12.1 Å². The molecule has 0 spiro atoms. The van der Waals surface area contributed by atoms with Crippen molar-refractivity contribution in [3.8, 4) is 0 Å². The third-order valence-electron chi connectivity index (χ3n) is 7.71. The maximum atomic E-state index is 13.9. The van der Waals surface area contributed by atoms with Crippen LogP contribution >= 0.6 is 0 Å². The van der Waals surface area contributed by atoms with E-state index in [2.05, 4.69) is 10.6 Å². The van der Waals surface area contributed by atoms with Crippen LogP contribution in [0.2, 0.25) is 0 Å². The van der Waals surface area contributed by atoms with Gasteiger partial charge >= 0.3 is 5.97 Å². The van der Waals surface area contributed by atoms with Crippen LogP contribution in [0.4, 0.5) is 0 Å². The smallest absolute Gasteiger partial charge is 0.331 e. The number of aliphatic carboxylic acids is 1. The third kappa shape index (κ3) is 7.19. The van der Waals surface area contributed by atoms with E-state index in [1.807, 2.05) is 58.0 Å². The number of rotatable bonds is 11. The number of benzene rings is 1. The van der Waals surface area contributed by atoms with Crippen LogP contribution in [0, 0.1) is 11.8 Å². The van der Waals surface area contributed by atoms with Crippen LogP contribution in [-0.4, -0.2) is 60.0 Å². The Bertz CT molecular complexity index is 920. The molecular weight excluding hydrogens is 454 g/mol. The summed E-state index contributed by atoms with van der Waals surface area (Å²) in [6.07, 6.45) is 6.60. The molecule has 2 amide bonds. The quantitative estimate of drug-likeness (QED) is 0.398. The van der Waals surface area contributed by atoms with Gasteiger partial charge < -0.3 is 20.6 Å². The molecule has 36 heavy (non-hydrogen) atoms. The Morgan fingerprint density at radius 2 is 1.67 bits per heavy atom. The summed E-state index contributed by atoms with van der Waals surface area (Å²) in [5.41, 5.74) is 0.728. The molecule has 2 rings (SSSR count). The van der Waals surface area contributed by atoms with E-state index in [0.717, 1.165) is 37.7 Å². The van der Waals surface area contributed by atoms with Gasteiger partial charge in [0.2, 0.25) is 11.8 Å². The van der Waals surface area contributed by atoms with Gasteiger partial charge in [0.25, 0.3) is 0 Å². The molecule has 3 atom stereocenters. The van der Waals surface area contributed by atoms with Gasteiger partial charge in [-0.15, -0.1) is 0 Å². The second-order valence-electron chi connectivity index (χ2n) is 11.0. The Morgan fingerprint density at radius 3 is 2.17 bits per heavy atom. The fraction of sp³-hybridized carbons (Fsp3) is 0.621. The molecule has 7 heteroatoms. The maximum absolute atomic E-state index is 13.9. The van der Waals surface area contributed by atoms with Crippen LogP contribution in [0.1, 0.15) is 72.3 Å². The third-order valence-corrected chi connectivity index (χ3v) is 7.71. The van der Waals surface area contributed by atoms with Crippen LogP contribution in [0.15, 0.2) is 42.0 Å². The predicted molar refractivity (Wildman–Crippen MR) is 144 cm³/mol. The van der Waals surface area contributed by atoms with Crippen molar-refractivity contribution in [1.29, 1.82) is 0 Å². The molecule has 0 aromatic heterocycles. The van der Waals surface area contributed by atoms with Crippen molar-refractivity contribution in [2.24, 2.45) is 11.8 Å². The van der Waals surface area contributed by atoms with Crippen LogP contribution in [-0.2, 0) is 19.8 Å². The van der Waals surface area contributed by atoms with E-state index in [0.29, 0.717) is 0 Å². The number of hydrogen-bond donors (Lipinski definition) is 3. The lowest BCUT2D eigenvalue weighted by Crippen LogP contribution is -2.60. The molecule has 0 aliphatic heterocycles. The van der Waals surface area contributed by atoms with Crippen LogP contribution < -0.4 is 10.6 Å². The summed E-state index contributed by atoms with van der Waals surface area (Å²) in [6, 6.07) is 8.31. The molecule has 0 radical (unpaired) electrons. The monoisotopic (exact) mass is 499 g/mol. The minimum Gasteiger partial charge on any atom is -0.478 e. The van der Waals surface area contributed by atoms with Crippen molar-refractivity contribution in [2.45, 2.75) is 90.3 Å².